The van der Waals surface area contributed by atoms with E-state index in [4.69, 9.17) is 4.98 Å². The van der Waals surface area contributed by atoms with Gasteiger partial charge in [0.15, 0.2) is 5.13 Å². The maximum atomic E-state index is 13.6. The molecular weight excluding hydrogens is 397 g/mol. The van der Waals surface area contributed by atoms with E-state index in [1.807, 2.05) is 27.1 Å². The minimum atomic E-state index is -0.412. The summed E-state index contributed by atoms with van der Waals surface area (Å²) in [6.45, 7) is 5.49. The molecule has 0 fully saturated rings. The van der Waals surface area contributed by atoms with Gasteiger partial charge in [0.05, 0.1) is 10.2 Å². The van der Waals surface area contributed by atoms with E-state index in [0.29, 0.717) is 17.2 Å². The van der Waals surface area contributed by atoms with E-state index in [0.717, 1.165) is 34.3 Å². The number of nitrogens with zero attached hydrogens (tertiary/aromatic N) is 3. The van der Waals surface area contributed by atoms with E-state index in [1.54, 1.807) is 17.0 Å². The van der Waals surface area contributed by atoms with Gasteiger partial charge in [-0.25, -0.2) is 9.37 Å². The maximum absolute atomic E-state index is 13.6. The van der Waals surface area contributed by atoms with E-state index in [9.17, 15) is 9.18 Å². The largest absolute Gasteiger partial charge is 0.309 e. The van der Waals surface area contributed by atoms with Gasteiger partial charge < -0.3 is 4.90 Å². The Morgan fingerprint density at radius 2 is 1.89 bits per heavy atom. The van der Waals surface area contributed by atoms with Crippen LogP contribution in [0.1, 0.15) is 27.9 Å². The molecule has 1 aromatic heterocycles. The second kappa shape index (κ2) is 9.45. The highest BCUT2D eigenvalue weighted by atomic mass is 35.5. The Hall–Kier alpha value is -2.02. The average Bonchev–Trinajstić information content (AvgIpc) is 3.02. The lowest BCUT2D eigenvalue weighted by molar-refractivity contribution is 0.0985. The smallest absolute Gasteiger partial charge is 0.260 e. The van der Waals surface area contributed by atoms with Crippen LogP contribution in [-0.2, 0) is 0 Å². The molecule has 7 heteroatoms. The Bertz CT molecular complexity index is 973. The quantitative estimate of drug-likeness (QED) is 0.557. The minimum absolute atomic E-state index is 0. The van der Waals surface area contributed by atoms with Crippen molar-refractivity contribution in [1.29, 1.82) is 0 Å². The van der Waals surface area contributed by atoms with Crippen molar-refractivity contribution in [3.8, 4) is 0 Å². The molecule has 1 heterocycles. The van der Waals surface area contributed by atoms with Crippen molar-refractivity contribution in [2.75, 3.05) is 32.1 Å². The van der Waals surface area contributed by atoms with Gasteiger partial charge in [-0.15, -0.1) is 12.4 Å². The van der Waals surface area contributed by atoms with Crippen molar-refractivity contribution >= 4 is 45.0 Å². The zero-order valence-corrected chi connectivity index (χ0v) is 18.2. The van der Waals surface area contributed by atoms with Gasteiger partial charge in [0.1, 0.15) is 5.82 Å². The second-order valence-electron chi connectivity index (χ2n) is 7.05. The van der Waals surface area contributed by atoms with Crippen molar-refractivity contribution < 1.29 is 9.18 Å². The van der Waals surface area contributed by atoms with Crippen LogP contribution in [0.4, 0.5) is 9.52 Å². The molecule has 4 nitrogen and oxygen atoms in total. The fourth-order valence-corrected chi connectivity index (χ4v) is 4.13. The molecule has 0 unspecified atom stereocenters. The summed E-state index contributed by atoms with van der Waals surface area (Å²) < 4.78 is 14.7. The first kappa shape index (κ1) is 22.3. The van der Waals surface area contributed by atoms with Crippen LogP contribution in [0.2, 0.25) is 0 Å². The number of anilines is 1. The molecule has 0 radical (unpaired) electrons. The van der Waals surface area contributed by atoms with Crippen molar-refractivity contribution in [2.24, 2.45) is 0 Å². The first-order valence-corrected chi connectivity index (χ1v) is 9.77. The molecule has 0 bridgehead atoms. The first-order chi connectivity index (χ1) is 12.8. The van der Waals surface area contributed by atoms with Crippen LogP contribution in [-0.4, -0.2) is 43.0 Å². The number of amides is 1. The van der Waals surface area contributed by atoms with Crippen LogP contribution < -0.4 is 4.90 Å². The maximum Gasteiger partial charge on any atom is 0.260 e. The summed E-state index contributed by atoms with van der Waals surface area (Å²) in [5, 5.41) is 0.659. The normalized spacial score (nSPS) is 10.9. The van der Waals surface area contributed by atoms with Gasteiger partial charge in [0.25, 0.3) is 5.91 Å². The molecule has 0 aliphatic rings. The molecule has 0 saturated carbocycles. The monoisotopic (exact) mass is 421 g/mol. The van der Waals surface area contributed by atoms with Crippen LogP contribution in [0.25, 0.3) is 10.2 Å². The lowest BCUT2D eigenvalue weighted by Gasteiger charge is -2.21. The van der Waals surface area contributed by atoms with E-state index >= 15 is 0 Å². The van der Waals surface area contributed by atoms with Crippen LogP contribution in [0.15, 0.2) is 36.4 Å². The zero-order chi connectivity index (χ0) is 19.6. The number of carbonyl (C=O) groups excluding carboxylic acids is 1. The van der Waals surface area contributed by atoms with Crippen LogP contribution in [0, 0.1) is 19.7 Å². The predicted molar refractivity (Wildman–Crippen MR) is 118 cm³/mol. The van der Waals surface area contributed by atoms with Crippen LogP contribution in [0.5, 0.6) is 0 Å². The summed E-state index contributed by atoms with van der Waals surface area (Å²) in [6, 6.07) is 9.99. The minimum Gasteiger partial charge on any atom is -0.309 e. The highest BCUT2D eigenvalue weighted by Gasteiger charge is 2.22. The lowest BCUT2D eigenvalue weighted by Crippen LogP contribution is -2.33. The molecule has 2 aromatic carbocycles. The number of hydrogen-bond donors (Lipinski definition) is 0. The van der Waals surface area contributed by atoms with Crippen molar-refractivity contribution in [2.45, 2.75) is 20.3 Å². The van der Waals surface area contributed by atoms with Gasteiger partial charge in [0.2, 0.25) is 0 Å². The third-order valence-electron chi connectivity index (χ3n) is 4.34. The molecule has 0 aliphatic heterocycles. The van der Waals surface area contributed by atoms with Crippen molar-refractivity contribution in [3.05, 3.63) is 58.9 Å². The number of halogens is 2. The molecule has 0 spiro atoms. The number of benzene rings is 2. The van der Waals surface area contributed by atoms with Crippen molar-refractivity contribution in [3.63, 3.8) is 0 Å². The third-order valence-corrected chi connectivity index (χ3v) is 5.57. The predicted octanol–water partition coefficient (Wildman–Crippen LogP) is 5.07. The molecule has 150 valence electrons. The summed E-state index contributed by atoms with van der Waals surface area (Å²) >= 11 is 1.51. The summed E-state index contributed by atoms with van der Waals surface area (Å²) in [6.07, 6.45) is 0.808. The topological polar surface area (TPSA) is 36.4 Å². The van der Waals surface area contributed by atoms with Gasteiger partial charge in [-0.05, 0) is 76.3 Å². The number of carbonyl (C=O) groups is 1. The number of hydrogen-bond acceptors (Lipinski definition) is 4. The molecule has 0 N–H and O–H groups in total. The van der Waals surface area contributed by atoms with Crippen LogP contribution >= 0.6 is 23.7 Å². The van der Waals surface area contributed by atoms with Gasteiger partial charge in [-0.3, -0.25) is 9.69 Å². The average molecular weight is 422 g/mol. The van der Waals surface area contributed by atoms with E-state index < -0.39 is 5.82 Å². The van der Waals surface area contributed by atoms with Gasteiger partial charge in [0, 0.05) is 12.1 Å². The van der Waals surface area contributed by atoms with Gasteiger partial charge in [-0.2, -0.15) is 0 Å². The van der Waals surface area contributed by atoms with Crippen molar-refractivity contribution in [1.82, 2.24) is 9.88 Å². The number of fused-ring (bicyclic) bond motifs is 1. The van der Waals surface area contributed by atoms with Crippen LogP contribution in [0.3, 0.4) is 0 Å². The molecule has 1 amide bonds. The standard InChI is InChI=1S/C21H24FN3OS.ClH/c1-14-11-15(2)19-18(12-14)23-21(27-19)25(10-6-9-24(3)4)20(26)16-7-5-8-17(22)13-16;/h5,7-8,11-13H,6,9-10H2,1-4H3;1H. The van der Waals surface area contributed by atoms with Gasteiger partial charge in [-0.1, -0.05) is 23.5 Å². The lowest BCUT2D eigenvalue weighted by atomic mass is 10.1. The number of aromatic nitrogens is 1. The first-order valence-electron chi connectivity index (χ1n) is 8.95. The molecule has 0 saturated heterocycles. The Morgan fingerprint density at radius 1 is 1.14 bits per heavy atom. The van der Waals surface area contributed by atoms with E-state index in [-0.39, 0.29) is 18.3 Å². The highest BCUT2D eigenvalue weighted by molar-refractivity contribution is 7.22. The summed E-state index contributed by atoms with van der Waals surface area (Å²) in [7, 11) is 4.01. The zero-order valence-electron chi connectivity index (χ0n) is 16.5. The Labute approximate surface area is 175 Å². The summed E-state index contributed by atoms with van der Waals surface area (Å²) in [5.41, 5.74) is 3.54. The molecular formula is C21H25ClFN3OS. The molecule has 28 heavy (non-hydrogen) atoms. The fourth-order valence-electron chi connectivity index (χ4n) is 3.09. The number of thiazole rings is 1. The number of aryl methyl sites for hydroxylation is 2. The summed E-state index contributed by atoms with van der Waals surface area (Å²) in [4.78, 5) is 21.6. The Kier molecular flexibility index (Phi) is 7.52. The Balaban J connectivity index is 0.00000280. The number of rotatable bonds is 6. The second-order valence-corrected chi connectivity index (χ2v) is 8.03. The highest BCUT2D eigenvalue weighted by Crippen LogP contribution is 2.33. The molecule has 3 rings (SSSR count). The Morgan fingerprint density at radius 3 is 2.57 bits per heavy atom. The molecule has 0 aliphatic carbocycles. The SMILES string of the molecule is Cc1cc(C)c2sc(N(CCCN(C)C)C(=O)c3cccc(F)c3)nc2c1.Cl. The molecule has 0 atom stereocenters. The fraction of sp³-hybridized carbons (Fsp3) is 0.333. The van der Waals surface area contributed by atoms with E-state index in [1.165, 1.54) is 23.5 Å². The van der Waals surface area contributed by atoms with Gasteiger partial charge >= 0.3 is 0 Å². The molecule has 3 aromatic rings. The van der Waals surface area contributed by atoms with E-state index in [2.05, 4.69) is 17.9 Å². The third kappa shape index (κ3) is 5.07. The summed E-state index contributed by atoms with van der Waals surface area (Å²) in [5.74, 6) is -0.633.